The first kappa shape index (κ1) is 20.9. The monoisotopic (exact) mass is 408 g/mol. The molecule has 2 aromatic carbocycles. The highest BCUT2D eigenvalue weighted by molar-refractivity contribution is 5.92. The quantitative estimate of drug-likeness (QED) is 0.472. The molecule has 0 aliphatic carbocycles. The molecule has 3 aromatic rings. The SMILES string of the molecule is Cc1cc(=O)c(C(=O)N(CCO)Cc2ccccc2)nn1-c1ccccc1[N+](=O)[O-]. The van der Waals surface area contributed by atoms with Crippen LogP contribution in [0.2, 0.25) is 0 Å². The molecule has 3 rings (SSSR count). The molecule has 0 unspecified atom stereocenters. The van der Waals surface area contributed by atoms with Crippen molar-refractivity contribution in [1.29, 1.82) is 0 Å². The van der Waals surface area contributed by atoms with Gasteiger partial charge in [-0.2, -0.15) is 5.10 Å². The lowest BCUT2D eigenvalue weighted by molar-refractivity contribution is -0.384. The summed E-state index contributed by atoms with van der Waals surface area (Å²) in [5.41, 5.74) is 0.150. The average molecular weight is 408 g/mol. The number of carbonyl (C=O) groups is 1. The van der Waals surface area contributed by atoms with E-state index in [1.807, 2.05) is 30.3 Å². The fourth-order valence-electron chi connectivity index (χ4n) is 3.06. The summed E-state index contributed by atoms with van der Waals surface area (Å²) in [5, 5.41) is 24.9. The molecule has 1 amide bonds. The van der Waals surface area contributed by atoms with E-state index in [1.165, 1.54) is 33.8 Å². The highest BCUT2D eigenvalue weighted by Crippen LogP contribution is 2.22. The van der Waals surface area contributed by atoms with E-state index in [0.717, 1.165) is 5.56 Å². The van der Waals surface area contributed by atoms with Crippen LogP contribution in [0.4, 0.5) is 5.69 Å². The highest BCUT2D eigenvalue weighted by atomic mass is 16.6. The lowest BCUT2D eigenvalue weighted by Gasteiger charge is -2.22. The van der Waals surface area contributed by atoms with Gasteiger partial charge in [-0.3, -0.25) is 19.7 Å². The van der Waals surface area contributed by atoms with E-state index < -0.39 is 16.3 Å². The Kier molecular flexibility index (Phi) is 6.33. The Hall–Kier alpha value is -3.85. The van der Waals surface area contributed by atoms with Gasteiger partial charge in [0.05, 0.1) is 11.5 Å². The van der Waals surface area contributed by atoms with Crippen LogP contribution < -0.4 is 5.43 Å². The van der Waals surface area contributed by atoms with Crippen LogP contribution in [0.1, 0.15) is 21.7 Å². The van der Waals surface area contributed by atoms with Crippen molar-refractivity contribution in [3.05, 3.63) is 98.0 Å². The van der Waals surface area contributed by atoms with Gasteiger partial charge in [0.25, 0.3) is 11.6 Å². The second-order valence-corrected chi connectivity index (χ2v) is 6.59. The maximum Gasteiger partial charge on any atom is 0.294 e. The van der Waals surface area contributed by atoms with E-state index in [9.17, 15) is 24.8 Å². The van der Waals surface area contributed by atoms with E-state index in [1.54, 1.807) is 13.0 Å². The summed E-state index contributed by atoms with van der Waals surface area (Å²) in [6.45, 7) is 1.48. The lowest BCUT2D eigenvalue weighted by atomic mass is 10.2. The van der Waals surface area contributed by atoms with Crippen molar-refractivity contribution < 1.29 is 14.8 Å². The number of amides is 1. The van der Waals surface area contributed by atoms with Gasteiger partial charge in [-0.15, -0.1) is 0 Å². The van der Waals surface area contributed by atoms with Crippen molar-refractivity contribution in [2.24, 2.45) is 0 Å². The molecule has 9 nitrogen and oxygen atoms in total. The molecule has 30 heavy (non-hydrogen) atoms. The number of aryl methyl sites for hydroxylation is 1. The van der Waals surface area contributed by atoms with Gasteiger partial charge in [0.1, 0.15) is 5.69 Å². The number of nitro groups is 1. The third-order valence-corrected chi connectivity index (χ3v) is 4.49. The number of rotatable bonds is 7. The summed E-state index contributed by atoms with van der Waals surface area (Å²) in [6, 6.07) is 16.3. The minimum atomic E-state index is -0.662. The third kappa shape index (κ3) is 4.41. The molecule has 154 valence electrons. The fraction of sp³-hybridized carbons (Fsp3) is 0.190. The Labute approximate surface area is 172 Å². The Morgan fingerprint density at radius 2 is 1.83 bits per heavy atom. The molecule has 9 heteroatoms. The number of nitrogens with zero attached hydrogens (tertiary/aromatic N) is 4. The number of benzene rings is 2. The van der Waals surface area contributed by atoms with Crippen LogP contribution in [0.5, 0.6) is 0 Å². The zero-order valence-corrected chi connectivity index (χ0v) is 16.3. The highest BCUT2D eigenvalue weighted by Gasteiger charge is 2.23. The second-order valence-electron chi connectivity index (χ2n) is 6.59. The van der Waals surface area contributed by atoms with Crippen LogP contribution in [0.3, 0.4) is 0 Å². The first-order chi connectivity index (χ1) is 14.4. The van der Waals surface area contributed by atoms with E-state index in [2.05, 4.69) is 5.10 Å². The number of aliphatic hydroxyl groups is 1. The first-order valence-electron chi connectivity index (χ1n) is 9.21. The van der Waals surface area contributed by atoms with Gasteiger partial charge in [-0.05, 0) is 18.6 Å². The summed E-state index contributed by atoms with van der Waals surface area (Å²) < 4.78 is 1.21. The van der Waals surface area contributed by atoms with Crippen LogP contribution in [0, 0.1) is 17.0 Å². The Morgan fingerprint density at radius 1 is 1.17 bits per heavy atom. The molecule has 1 heterocycles. The van der Waals surface area contributed by atoms with Gasteiger partial charge < -0.3 is 10.0 Å². The topological polar surface area (TPSA) is 119 Å². The fourth-order valence-corrected chi connectivity index (χ4v) is 3.06. The van der Waals surface area contributed by atoms with Crippen molar-refractivity contribution in [2.75, 3.05) is 13.2 Å². The maximum atomic E-state index is 13.1. The molecule has 0 aliphatic heterocycles. The summed E-state index contributed by atoms with van der Waals surface area (Å²) in [6.07, 6.45) is 0. The third-order valence-electron chi connectivity index (χ3n) is 4.49. The second kappa shape index (κ2) is 9.10. The molecule has 0 spiro atoms. The first-order valence-corrected chi connectivity index (χ1v) is 9.21. The number of hydrogen-bond acceptors (Lipinski definition) is 6. The van der Waals surface area contributed by atoms with Crippen molar-refractivity contribution >= 4 is 11.6 Å². The molecule has 0 fully saturated rings. The summed E-state index contributed by atoms with van der Waals surface area (Å²) in [5.74, 6) is -0.662. The maximum absolute atomic E-state index is 13.1. The van der Waals surface area contributed by atoms with Gasteiger partial charge in [0.15, 0.2) is 5.69 Å². The Bertz CT molecular complexity index is 1130. The van der Waals surface area contributed by atoms with Crippen molar-refractivity contribution in [3.63, 3.8) is 0 Å². The zero-order chi connectivity index (χ0) is 21.7. The lowest BCUT2D eigenvalue weighted by Crippen LogP contribution is -2.37. The van der Waals surface area contributed by atoms with Crippen LogP contribution >= 0.6 is 0 Å². The van der Waals surface area contributed by atoms with Gasteiger partial charge in [0, 0.05) is 30.9 Å². The van der Waals surface area contributed by atoms with Gasteiger partial charge in [-0.1, -0.05) is 42.5 Å². The van der Waals surface area contributed by atoms with E-state index >= 15 is 0 Å². The number of nitro benzene ring substituents is 1. The van der Waals surface area contributed by atoms with Gasteiger partial charge in [0.2, 0.25) is 5.43 Å². The average Bonchev–Trinajstić information content (AvgIpc) is 2.74. The summed E-state index contributed by atoms with van der Waals surface area (Å²) >= 11 is 0. The van der Waals surface area contributed by atoms with E-state index in [0.29, 0.717) is 5.69 Å². The molecule has 0 radical (unpaired) electrons. The minimum absolute atomic E-state index is 0.00814. The summed E-state index contributed by atoms with van der Waals surface area (Å²) in [4.78, 5) is 37.8. The predicted molar refractivity (Wildman–Crippen MR) is 109 cm³/mol. The van der Waals surface area contributed by atoms with E-state index in [4.69, 9.17) is 0 Å². The molecule has 1 N–H and O–H groups in total. The Balaban J connectivity index is 2.05. The molecule has 0 bridgehead atoms. The zero-order valence-electron chi connectivity index (χ0n) is 16.3. The minimum Gasteiger partial charge on any atom is -0.395 e. The largest absolute Gasteiger partial charge is 0.395 e. The number of para-hydroxylation sites is 2. The molecule has 0 saturated heterocycles. The number of hydrogen-bond donors (Lipinski definition) is 1. The normalized spacial score (nSPS) is 10.6. The van der Waals surface area contributed by atoms with Crippen molar-refractivity contribution in [3.8, 4) is 5.69 Å². The van der Waals surface area contributed by atoms with Gasteiger partial charge >= 0.3 is 0 Å². The van der Waals surface area contributed by atoms with E-state index in [-0.39, 0.29) is 36.8 Å². The standard InChI is InChI=1S/C21H20N4O5/c1-15-13-19(27)20(22-24(15)17-9-5-6-10-18(17)25(29)30)21(28)23(11-12-26)14-16-7-3-2-4-8-16/h2-10,13,26H,11-12,14H2,1H3. The van der Waals surface area contributed by atoms with Crippen LogP contribution in [0.25, 0.3) is 5.69 Å². The van der Waals surface area contributed by atoms with Crippen LogP contribution in [-0.2, 0) is 6.54 Å². The summed E-state index contributed by atoms with van der Waals surface area (Å²) in [7, 11) is 0. The smallest absolute Gasteiger partial charge is 0.294 e. The number of aromatic nitrogens is 2. The molecule has 0 aliphatic rings. The van der Waals surface area contributed by atoms with Crippen LogP contribution in [0.15, 0.2) is 65.5 Å². The van der Waals surface area contributed by atoms with Crippen molar-refractivity contribution in [2.45, 2.75) is 13.5 Å². The van der Waals surface area contributed by atoms with Gasteiger partial charge in [-0.25, -0.2) is 4.68 Å². The number of aliphatic hydroxyl groups excluding tert-OH is 1. The van der Waals surface area contributed by atoms with Crippen LogP contribution in [-0.4, -0.2) is 43.8 Å². The molecule has 0 atom stereocenters. The number of carbonyl (C=O) groups excluding carboxylic acids is 1. The molecular formula is C21H20N4O5. The molecule has 1 aromatic heterocycles. The van der Waals surface area contributed by atoms with Crippen molar-refractivity contribution in [1.82, 2.24) is 14.7 Å². The molecule has 0 saturated carbocycles. The molecular weight excluding hydrogens is 388 g/mol. The predicted octanol–water partition coefficient (Wildman–Crippen LogP) is 2.08. The Morgan fingerprint density at radius 3 is 2.50 bits per heavy atom.